The van der Waals surface area contributed by atoms with E-state index in [9.17, 15) is 14.4 Å². The van der Waals surface area contributed by atoms with Gasteiger partial charge in [-0.25, -0.2) is 4.79 Å². The molecule has 30 heavy (non-hydrogen) atoms. The molecule has 3 amide bonds. The van der Waals surface area contributed by atoms with Crippen LogP contribution in [0.3, 0.4) is 0 Å². The first kappa shape index (κ1) is 21.8. The van der Waals surface area contributed by atoms with Crippen LogP contribution < -0.4 is 5.32 Å². The van der Waals surface area contributed by atoms with Gasteiger partial charge in [-0.2, -0.15) is 0 Å². The van der Waals surface area contributed by atoms with Gasteiger partial charge in [0.05, 0.1) is 24.3 Å². The highest BCUT2D eigenvalue weighted by Gasteiger charge is 2.26. The minimum absolute atomic E-state index is 0.168. The summed E-state index contributed by atoms with van der Waals surface area (Å²) in [6.07, 6.45) is -0.140. The number of para-hydroxylation sites is 1. The number of nitrogens with zero attached hydrogens (tertiary/aromatic N) is 2. The van der Waals surface area contributed by atoms with E-state index in [2.05, 4.69) is 21.2 Å². The topological polar surface area (TPSA) is 79.0 Å². The fourth-order valence-electron chi connectivity index (χ4n) is 3.24. The standard InChI is InChI=1S/C22H24BrN3O4/c1-2-30-22(29)26-13-11-25(12-14-26)21(28)18-5-3-4-6-19(18)24-20(27)15-16-7-9-17(23)10-8-16/h3-10H,2,11-15H2,1H3,(H,24,27). The number of ether oxygens (including phenoxy) is 1. The summed E-state index contributed by atoms with van der Waals surface area (Å²) < 4.78 is 5.96. The van der Waals surface area contributed by atoms with E-state index in [1.807, 2.05) is 24.3 Å². The summed E-state index contributed by atoms with van der Waals surface area (Å²) in [6, 6.07) is 14.5. The van der Waals surface area contributed by atoms with Crippen LogP contribution in [0.5, 0.6) is 0 Å². The Morgan fingerprint density at radius 3 is 2.27 bits per heavy atom. The zero-order valence-electron chi connectivity index (χ0n) is 16.8. The molecule has 3 rings (SSSR count). The monoisotopic (exact) mass is 473 g/mol. The molecular formula is C22H24BrN3O4. The molecular weight excluding hydrogens is 450 g/mol. The predicted molar refractivity (Wildman–Crippen MR) is 117 cm³/mol. The number of benzene rings is 2. The van der Waals surface area contributed by atoms with E-state index in [1.165, 1.54) is 0 Å². The molecule has 1 heterocycles. The molecule has 158 valence electrons. The third-order valence-corrected chi connectivity index (χ3v) is 5.33. The molecule has 2 aromatic carbocycles. The van der Waals surface area contributed by atoms with Crippen molar-refractivity contribution in [2.24, 2.45) is 0 Å². The smallest absolute Gasteiger partial charge is 0.409 e. The van der Waals surface area contributed by atoms with Gasteiger partial charge in [-0.1, -0.05) is 40.2 Å². The molecule has 0 atom stereocenters. The summed E-state index contributed by atoms with van der Waals surface area (Å²) in [6.45, 7) is 3.76. The van der Waals surface area contributed by atoms with Gasteiger partial charge in [-0.15, -0.1) is 0 Å². The zero-order valence-corrected chi connectivity index (χ0v) is 18.4. The third kappa shape index (κ3) is 5.60. The largest absolute Gasteiger partial charge is 0.450 e. The Morgan fingerprint density at radius 2 is 1.60 bits per heavy atom. The maximum atomic E-state index is 13.0. The number of amides is 3. The molecule has 0 radical (unpaired) electrons. The van der Waals surface area contributed by atoms with Gasteiger partial charge >= 0.3 is 6.09 Å². The van der Waals surface area contributed by atoms with Crippen molar-refractivity contribution in [3.8, 4) is 0 Å². The SMILES string of the molecule is CCOC(=O)N1CCN(C(=O)c2ccccc2NC(=O)Cc2ccc(Br)cc2)CC1. The lowest BCUT2D eigenvalue weighted by atomic mass is 10.1. The second-order valence-electron chi connectivity index (χ2n) is 6.88. The van der Waals surface area contributed by atoms with Gasteiger partial charge in [0.1, 0.15) is 0 Å². The lowest BCUT2D eigenvalue weighted by molar-refractivity contribution is -0.115. The highest BCUT2D eigenvalue weighted by molar-refractivity contribution is 9.10. The lowest BCUT2D eigenvalue weighted by Crippen LogP contribution is -2.50. The summed E-state index contributed by atoms with van der Waals surface area (Å²) in [5, 5.41) is 2.85. The maximum Gasteiger partial charge on any atom is 0.409 e. The number of carbonyl (C=O) groups excluding carboxylic acids is 3. The van der Waals surface area contributed by atoms with Crippen LogP contribution in [0.25, 0.3) is 0 Å². The van der Waals surface area contributed by atoms with E-state index in [0.717, 1.165) is 10.0 Å². The Balaban J connectivity index is 1.63. The van der Waals surface area contributed by atoms with E-state index in [-0.39, 0.29) is 24.3 Å². The molecule has 0 unspecified atom stereocenters. The molecule has 1 fully saturated rings. The highest BCUT2D eigenvalue weighted by atomic mass is 79.9. The second kappa shape index (κ2) is 10.2. The Bertz CT molecular complexity index is 909. The summed E-state index contributed by atoms with van der Waals surface area (Å²) in [7, 11) is 0. The number of hydrogen-bond acceptors (Lipinski definition) is 4. The van der Waals surface area contributed by atoms with Crippen molar-refractivity contribution in [3.63, 3.8) is 0 Å². The molecule has 8 heteroatoms. The van der Waals surface area contributed by atoms with Crippen molar-refractivity contribution in [2.75, 3.05) is 38.1 Å². The molecule has 1 aliphatic heterocycles. The van der Waals surface area contributed by atoms with E-state index >= 15 is 0 Å². The fourth-order valence-corrected chi connectivity index (χ4v) is 3.50. The van der Waals surface area contributed by atoms with Crippen LogP contribution >= 0.6 is 15.9 Å². The van der Waals surface area contributed by atoms with E-state index in [4.69, 9.17) is 4.74 Å². The molecule has 0 saturated carbocycles. The van der Waals surface area contributed by atoms with Gasteiger partial charge < -0.3 is 19.9 Å². The number of rotatable bonds is 5. The van der Waals surface area contributed by atoms with Crippen LogP contribution in [0.1, 0.15) is 22.8 Å². The minimum Gasteiger partial charge on any atom is -0.450 e. The first-order valence-electron chi connectivity index (χ1n) is 9.82. The highest BCUT2D eigenvalue weighted by Crippen LogP contribution is 2.19. The van der Waals surface area contributed by atoms with Gasteiger partial charge in [-0.05, 0) is 36.8 Å². The Hall–Kier alpha value is -2.87. The van der Waals surface area contributed by atoms with Crippen molar-refractivity contribution < 1.29 is 19.1 Å². The normalized spacial score (nSPS) is 13.7. The molecule has 0 aliphatic carbocycles. The van der Waals surface area contributed by atoms with Crippen molar-refractivity contribution in [3.05, 3.63) is 64.1 Å². The first-order valence-corrected chi connectivity index (χ1v) is 10.6. The third-order valence-electron chi connectivity index (χ3n) is 4.80. The second-order valence-corrected chi connectivity index (χ2v) is 7.79. The van der Waals surface area contributed by atoms with Crippen LogP contribution in [0.4, 0.5) is 10.5 Å². The number of hydrogen-bond donors (Lipinski definition) is 1. The number of piperazine rings is 1. The summed E-state index contributed by atoms with van der Waals surface area (Å²) in [5.74, 6) is -0.359. The quantitative estimate of drug-likeness (QED) is 0.719. The first-order chi connectivity index (χ1) is 14.5. The van der Waals surface area contributed by atoms with Crippen molar-refractivity contribution in [1.82, 2.24) is 9.80 Å². The van der Waals surface area contributed by atoms with Crippen molar-refractivity contribution in [2.45, 2.75) is 13.3 Å². The summed E-state index contributed by atoms with van der Waals surface area (Å²) in [4.78, 5) is 40.7. The van der Waals surface area contributed by atoms with Crippen LogP contribution in [-0.4, -0.2) is 60.5 Å². The zero-order chi connectivity index (χ0) is 21.5. The summed E-state index contributed by atoms with van der Waals surface area (Å²) in [5.41, 5.74) is 1.80. The van der Waals surface area contributed by atoms with Crippen molar-refractivity contribution >= 4 is 39.5 Å². The molecule has 1 aliphatic rings. The Labute approximate surface area is 184 Å². The summed E-state index contributed by atoms with van der Waals surface area (Å²) >= 11 is 3.38. The van der Waals surface area contributed by atoms with Crippen molar-refractivity contribution in [1.29, 1.82) is 0 Å². The number of nitrogens with one attached hydrogen (secondary N) is 1. The minimum atomic E-state index is -0.356. The van der Waals surface area contributed by atoms with Gasteiger partial charge in [0.15, 0.2) is 0 Å². The molecule has 1 saturated heterocycles. The fraction of sp³-hybridized carbons (Fsp3) is 0.318. The number of halogens is 1. The Morgan fingerprint density at radius 1 is 0.967 bits per heavy atom. The molecule has 7 nitrogen and oxygen atoms in total. The average molecular weight is 474 g/mol. The number of anilines is 1. The van der Waals surface area contributed by atoms with Crippen LogP contribution in [-0.2, 0) is 16.0 Å². The van der Waals surface area contributed by atoms with E-state index < -0.39 is 0 Å². The molecule has 0 spiro atoms. The Kier molecular flexibility index (Phi) is 7.46. The molecule has 1 N–H and O–H groups in total. The lowest BCUT2D eigenvalue weighted by Gasteiger charge is -2.34. The molecule has 0 aromatic heterocycles. The van der Waals surface area contributed by atoms with Gasteiger partial charge in [0, 0.05) is 30.7 Å². The number of carbonyl (C=O) groups is 3. The van der Waals surface area contributed by atoms with Crippen LogP contribution in [0.2, 0.25) is 0 Å². The van der Waals surface area contributed by atoms with Gasteiger partial charge in [0.25, 0.3) is 5.91 Å². The van der Waals surface area contributed by atoms with Gasteiger partial charge in [0.2, 0.25) is 5.91 Å². The molecule has 2 aromatic rings. The maximum absolute atomic E-state index is 13.0. The van der Waals surface area contributed by atoms with Crippen LogP contribution in [0, 0.1) is 0 Å². The van der Waals surface area contributed by atoms with E-state index in [0.29, 0.717) is 44.0 Å². The predicted octanol–water partition coefficient (Wildman–Crippen LogP) is 3.54. The molecule has 0 bridgehead atoms. The van der Waals surface area contributed by atoms with Gasteiger partial charge in [-0.3, -0.25) is 9.59 Å². The van der Waals surface area contributed by atoms with E-state index in [1.54, 1.807) is 41.0 Å². The van der Waals surface area contributed by atoms with Crippen LogP contribution in [0.15, 0.2) is 53.0 Å². The average Bonchev–Trinajstić information content (AvgIpc) is 2.75.